The number of nitrogens with one attached hydrogen (secondary N) is 3. The van der Waals surface area contributed by atoms with E-state index in [1.165, 1.54) is 0 Å². The Bertz CT molecular complexity index is 545. The molecule has 134 valence electrons. The highest BCUT2D eigenvalue weighted by atomic mass is 16.5. The Labute approximate surface area is 142 Å². The Morgan fingerprint density at radius 3 is 2.50 bits per heavy atom. The maximum Gasteiger partial charge on any atom is 0.315 e. The normalized spacial score (nSPS) is 16.0. The molecule has 2 rings (SSSR count). The molecule has 1 aromatic heterocycles. The van der Waals surface area contributed by atoms with E-state index < -0.39 is 0 Å². The quantitative estimate of drug-likeness (QED) is 0.662. The van der Waals surface area contributed by atoms with Gasteiger partial charge in [-0.2, -0.15) is 0 Å². The molecule has 1 aliphatic carbocycles. The van der Waals surface area contributed by atoms with E-state index in [4.69, 9.17) is 4.52 Å². The van der Waals surface area contributed by atoms with Crippen molar-refractivity contribution in [2.45, 2.75) is 58.9 Å². The molecular formula is C17H28N4O3. The molecule has 0 unspecified atom stereocenters. The molecule has 0 radical (unpaired) electrons. The minimum atomic E-state index is -0.232. The van der Waals surface area contributed by atoms with Crippen LogP contribution in [-0.4, -0.2) is 36.2 Å². The van der Waals surface area contributed by atoms with Gasteiger partial charge in [0, 0.05) is 30.6 Å². The Morgan fingerprint density at radius 1 is 1.21 bits per heavy atom. The zero-order chi connectivity index (χ0) is 17.5. The van der Waals surface area contributed by atoms with Gasteiger partial charge in [-0.3, -0.25) is 4.79 Å². The van der Waals surface area contributed by atoms with Crippen molar-refractivity contribution in [3.8, 4) is 0 Å². The molecule has 1 heterocycles. The number of hydrogen-bond acceptors (Lipinski definition) is 4. The van der Waals surface area contributed by atoms with E-state index in [-0.39, 0.29) is 23.9 Å². The van der Waals surface area contributed by atoms with Crippen LogP contribution in [0.5, 0.6) is 0 Å². The van der Waals surface area contributed by atoms with E-state index in [1.807, 2.05) is 20.8 Å². The van der Waals surface area contributed by atoms with E-state index in [0.29, 0.717) is 19.5 Å². The highest BCUT2D eigenvalue weighted by Gasteiger charge is 2.22. The Kier molecular flexibility index (Phi) is 6.63. The number of carbonyl (C=O) groups excluding carboxylic acids is 2. The lowest BCUT2D eigenvalue weighted by atomic mass is 10.1. The highest BCUT2D eigenvalue weighted by molar-refractivity contribution is 5.79. The van der Waals surface area contributed by atoms with Gasteiger partial charge in [0.25, 0.3) is 0 Å². The van der Waals surface area contributed by atoms with Crippen molar-refractivity contribution in [1.29, 1.82) is 0 Å². The molecule has 0 bridgehead atoms. The number of aromatic nitrogens is 1. The third-order valence-corrected chi connectivity index (χ3v) is 4.50. The van der Waals surface area contributed by atoms with E-state index in [9.17, 15) is 9.59 Å². The number of urea groups is 1. The van der Waals surface area contributed by atoms with Crippen LogP contribution in [0, 0.1) is 19.8 Å². The van der Waals surface area contributed by atoms with E-state index >= 15 is 0 Å². The molecule has 1 fully saturated rings. The first kappa shape index (κ1) is 18.3. The molecule has 1 atom stereocenters. The van der Waals surface area contributed by atoms with Crippen LogP contribution in [-0.2, 0) is 11.2 Å². The zero-order valence-corrected chi connectivity index (χ0v) is 14.8. The largest absolute Gasteiger partial charge is 0.361 e. The standard InChI is InChI=1S/C17H28N4O3/c1-11(10-15-12(2)21-24-13(15)3)20-17(23)19-9-8-18-16(22)14-6-4-5-7-14/h11,14H,4-10H2,1-3H3,(H,18,22)(H2,19,20,23)/t11-/m1/s1. The third kappa shape index (κ3) is 5.25. The van der Waals surface area contributed by atoms with Crippen molar-refractivity contribution < 1.29 is 14.1 Å². The molecule has 1 aliphatic rings. The second-order valence-corrected chi connectivity index (χ2v) is 6.58. The van der Waals surface area contributed by atoms with Crippen LogP contribution >= 0.6 is 0 Å². The van der Waals surface area contributed by atoms with Gasteiger partial charge in [-0.1, -0.05) is 18.0 Å². The van der Waals surface area contributed by atoms with E-state index in [2.05, 4.69) is 21.1 Å². The second kappa shape index (κ2) is 8.70. The maximum absolute atomic E-state index is 11.9. The number of rotatable bonds is 7. The summed E-state index contributed by atoms with van der Waals surface area (Å²) in [5.74, 6) is 1.06. The minimum Gasteiger partial charge on any atom is -0.361 e. The van der Waals surface area contributed by atoms with Gasteiger partial charge in [-0.05, 0) is 40.0 Å². The number of hydrogen-bond donors (Lipinski definition) is 3. The molecule has 7 heteroatoms. The van der Waals surface area contributed by atoms with Crippen molar-refractivity contribution in [3.63, 3.8) is 0 Å². The molecule has 24 heavy (non-hydrogen) atoms. The molecule has 1 saturated carbocycles. The summed E-state index contributed by atoms with van der Waals surface area (Å²) >= 11 is 0. The van der Waals surface area contributed by atoms with Crippen LogP contribution in [0.1, 0.15) is 49.6 Å². The predicted molar refractivity (Wildman–Crippen MR) is 90.6 cm³/mol. The summed E-state index contributed by atoms with van der Waals surface area (Å²) in [5, 5.41) is 12.4. The average Bonchev–Trinajstić information content (AvgIpc) is 3.17. The zero-order valence-electron chi connectivity index (χ0n) is 14.8. The smallest absolute Gasteiger partial charge is 0.315 e. The van der Waals surface area contributed by atoms with Gasteiger partial charge in [0.05, 0.1) is 5.69 Å². The predicted octanol–water partition coefficient (Wildman–Crippen LogP) is 1.83. The van der Waals surface area contributed by atoms with E-state index in [1.54, 1.807) is 0 Å². The van der Waals surface area contributed by atoms with Gasteiger partial charge in [0.15, 0.2) is 0 Å². The molecule has 3 amide bonds. The van der Waals surface area contributed by atoms with Crippen LogP contribution in [0.15, 0.2) is 4.52 Å². The SMILES string of the molecule is Cc1noc(C)c1C[C@@H](C)NC(=O)NCCNC(=O)C1CCCC1. The molecule has 3 N–H and O–H groups in total. The lowest BCUT2D eigenvalue weighted by Gasteiger charge is -2.15. The molecule has 1 aromatic rings. The van der Waals surface area contributed by atoms with Crippen LogP contribution in [0.3, 0.4) is 0 Å². The van der Waals surface area contributed by atoms with Crippen molar-refractivity contribution in [2.75, 3.05) is 13.1 Å². The lowest BCUT2D eigenvalue weighted by molar-refractivity contribution is -0.124. The molecular weight excluding hydrogens is 308 g/mol. The topological polar surface area (TPSA) is 96.3 Å². The first-order chi connectivity index (χ1) is 11.5. The maximum atomic E-state index is 11.9. The number of aryl methyl sites for hydroxylation is 2. The van der Waals surface area contributed by atoms with Crippen molar-refractivity contribution >= 4 is 11.9 Å². The number of amides is 3. The summed E-state index contributed by atoms with van der Waals surface area (Å²) in [6.07, 6.45) is 4.93. The molecule has 7 nitrogen and oxygen atoms in total. The van der Waals surface area contributed by atoms with Gasteiger partial charge < -0.3 is 20.5 Å². The lowest BCUT2D eigenvalue weighted by Crippen LogP contribution is -2.44. The fraction of sp³-hybridized carbons (Fsp3) is 0.706. The highest BCUT2D eigenvalue weighted by Crippen LogP contribution is 2.24. The Hall–Kier alpha value is -2.05. The second-order valence-electron chi connectivity index (χ2n) is 6.58. The summed E-state index contributed by atoms with van der Waals surface area (Å²) < 4.78 is 5.13. The summed E-state index contributed by atoms with van der Waals surface area (Å²) in [5.41, 5.74) is 1.89. The fourth-order valence-electron chi connectivity index (χ4n) is 3.12. The molecule has 0 spiro atoms. The summed E-state index contributed by atoms with van der Waals surface area (Å²) in [6, 6.07) is -0.265. The van der Waals surface area contributed by atoms with Crippen LogP contribution in [0.4, 0.5) is 4.79 Å². The van der Waals surface area contributed by atoms with Gasteiger partial charge in [0.2, 0.25) is 5.91 Å². The monoisotopic (exact) mass is 336 g/mol. The van der Waals surface area contributed by atoms with Gasteiger partial charge in [0.1, 0.15) is 5.76 Å². The minimum absolute atomic E-state index is 0.0325. The summed E-state index contributed by atoms with van der Waals surface area (Å²) in [6.45, 7) is 6.58. The Morgan fingerprint density at radius 2 is 1.88 bits per heavy atom. The van der Waals surface area contributed by atoms with Gasteiger partial charge in [-0.25, -0.2) is 4.79 Å². The van der Waals surface area contributed by atoms with E-state index in [0.717, 1.165) is 42.7 Å². The first-order valence-corrected chi connectivity index (χ1v) is 8.71. The van der Waals surface area contributed by atoms with Crippen LogP contribution in [0.25, 0.3) is 0 Å². The molecule has 0 aromatic carbocycles. The van der Waals surface area contributed by atoms with Gasteiger partial charge in [-0.15, -0.1) is 0 Å². The van der Waals surface area contributed by atoms with Gasteiger partial charge >= 0.3 is 6.03 Å². The van der Waals surface area contributed by atoms with Crippen molar-refractivity contribution in [2.24, 2.45) is 5.92 Å². The average molecular weight is 336 g/mol. The fourth-order valence-corrected chi connectivity index (χ4v) is 3.12. The van der Waals surface area contributed by atoms with Crippen molar-refractivity contribution in [3.05, 3.63) is 17.0 Å². The molecule has 0 aliphatic heterocycles. The molecule has 0 saturated heterocycles. The van der Waals surface area contributed by atoms with Crippen LogP contribution in [0.2, 0.25) is 0 Å². The summed E-state index contributed by atoms with van der Waals surface area (Å²) in [7, 11) is 0. The number of nitrogens with zero attached hydrogens (tertiary/aromatic N) is 1. The first-order valence-electron chi connectivity index (χ1n) is 8.71. The Balaban J connectivity index is 1.61. The van der Waals surface area contributed by atoms with Crippen molar-refractivity contribution in [1.82, 2.24) is 21.1 Å². The van der Waals surface area contributed by atoms with Crippen LogP contribution < -0.4 is 16.0 Å². The third-order valence-electron chi connectivity index (χ3n) is 4.50. The summed E-state index contributed by atoms with van der Waals surface area (Å²) in [4.78, 5) is 23.7. The number of carbonyl (C=O) groups is 2.